The smallest absolute Gasteiger partial charge is 0.227 e. The molecule has 20 heavy (non-hydrogen) atoms. The van der Waals surface area contributed by atoms with Gasteiger partial charge in [0.1, 0.15) is 5.75 Å². The zero-order valence-corrected chi connectivity index (χ0v) is 12.2. The zero-order valence-electron chi connectivity index (χ0n) is 12.2. The van der Waals surface area contributed by atoms with Crippen LogP contribution in [-0.4, -0.2) is 17.3 Å². The molecule has 0 saturated carbocycles. The fourth-order valence-electron chi connectivity index (χ4n) is 1.79. The third-order valence-electron chi connectivity index (χ3n) is 3.50. The van der Waals surface area contributed by atoms with Gasteiger partial charge in [0.2, 0.25) is 5.89 Å². The molecular formula is C15H21N3O2. The van der Waals surface area contributed by atoms with Crippen LogP contribution in [0.1, 0.15) is 37.5 Å². The zero-order chi connectivity index (χ0) is 14.6. The molecule has 0 saturated heterocycles. The molecule has 0 aliphatic rings. The first-order valence-corrected chi connectivity index (χ1v) is 6.80. The molecule has 0 spiro atoms. The van der Waals surface area contributed by atoms with Gasteiger partial charge < -0.3 is 15.0 Å². The van der Waals surface area contributed by atoms with Crippen molar-refractivity contribution in [3.63, 3.8) is 0 Å². The van der Waals surface area contributed by atoms with Gasteiger partial charge in [-0.05, 0) is 37.5 Å². The fraction of sp³-hybridized carbons (Fsp3) is 0.467. The second-order valence-corrected chi connectivity index (χ2v) is 5.13. The van der Waals surface area contributed by atoms with Crippen molar-refractivity contribution in [2.45, 2.75) is 38.6 Å². The number of hydrogen-bond acceptors (Lipinski definition) is 5. The monoisotopic (exact) mass is 275 g/mol. The predicted molar refractivity (Wildman–Crippen MR) is 76.5 cm³/mol. The average molecular weight is 275 g/mol. The lowest BCUT2D eigenvalue weighted by molar-refractivity contribution is 0.352. The molecule has 0 radical (unpaired) electrons. The van der Waals surface area contributed by atoms with Crippen molar-refractivity contribution in [2.24, 2.45) is 5.73 Å². The number of ether oxygens (including phenoxy) is 1. The summed E-state index contributed by atoms with van der Waals surface area (Å²) in [6, 6.07) is 7.97. The van der Waals surface area contributed by atoms with Crippen molar-refractivity contribution >= 4 is 0 Å². The molecule has 1 unspecified atom stereocenters. The van der Waals surface area contributed by atoms with E-state index in [9.17, 15) is 0 Å². The molecule has 1 atom stereocenters. The van der Waals surface area contributed by atoms with Gasteiger partial charge >= 0.3 is 0 Å². The van der Waals surface area contributed by atoms with Crippen LogP contribution in [0.5, 0.6) is 5.75 Å². The second-order valence-electron chi connectivity index (χ2n) is 5.13. The van der Waals surface area contributed by atoms with E-state index in [1.165, 1.54) is 5.56 Å². The van der Waals surface area contributed by atoms with Crippen molar-refractivity contribution in [2.75, 3.05) is 7.11 Å². The lowest BCUT2D eigenvalue weighted by Crippen LogP contribution is -2.33. The summed E-state index contributed by atoms with van der Waals surface area (Å²) in [5.74, 6) is 2.06. The van der Waals surface area contributed by atoms with Crippen LogP contribution in [0.15, 0.2) is 28.8 Å². The minimum absolute atomic E-state index is 0.526. The van der Waals surface area contributed by atoms with E-state index in [0.29, 0.717) is 18.1 Å². The summed E-state index contributed by atoms with van der Waals surface area (Å²) in [5, 5.41) is 3.97. The number of benzene rings is 1. The van der Waals surface area contributed by atoms with Gasteiger partial charge in [0.05, 0.1) is 12.6 Å². The molecule has 0 amide bonds. The summed E-state index contributed by atoms with van der Waals surface area (Å²) in [7, 11) is 1.66. The Morgan fingerprint density at radius 1 is 1.25 bits per heavy atom. The Morgan fingerprint density at radius 2 is 1.95 bits per heavy atom. The molecule has 0 aliphatic heterocycles. The normalized spacial score (nSPS) is 14.0. The van der Waals surface area contributed by atoms with Gasteiger partial charge in [-0.3, -0.25) is 0 Å². The van der Waals surface area contributed by atoms with Crippen molar-refractivity contribution < 1.29 is 9.26 Å². The van der Waals surface area contributed by atoms with Crippen molar-refractivity contribution in [3.8, 4) is 5.75 Å². The first kappa shape index (κ1) is 14.5. The average Bonchev–Trinajstić information content (AvgIpc) is 2.95. The van der Waals surface area contributed by atoms with Crippen LogP contribution >= 0.6 is 0 Å². The van der Waals surface area contributed by atoms with Gasteiger partial charge in [-0.15, -0.1) is 0 Å². The maximum absolute atomic E-state index is 6.09. The summed E-state index contributed by atoms with van der Waals surface area (Å²) in [6.07, 6.45) is 2.32. The maximum Gasteiger partial charge on any atom is 0.227 e. The predicted octanol–water partition coefficient (Wildman–Crippen LogP) is 2.45. The van der Waals surface area contributed by atoms with Crippen LogP contribution in [0.25, 0.3) is 0 Å². The summed E-state index contributed by atoms with van der Waals surface area (Å²) >= 11 is 0. The number of rotatable bonds is 6. The Labute approximate surface area is 119 Å². The molecule has 5 nitrogen and oxygen atoms in total. The highest BCUT2D eigenvalue weighted by molar-refractivity contribution is 5.27. The Balaban J connectivity index is 1.97. The summed E-state index contributed by atoms with van der Waals surface area (Å²) < 4.78 is 10.4. The third kappa shape index (κ3) is 3.36. The lowest BCUT2D eigenvalue weighted by Gasteiger charge is -2.16. The van der Waals surface area contributed by atoms with Crippen molar-refractivity contribution in [1.29, 1.82) is 0 Å². The molecule has 5 heteroatoms. The number of hydrogen-bond donors (Lipinski definition) is 1. The molecule has 0 bridgehead atoms. The van der Waals surface area contributed by atoms with E-state index in [4.69, 9.17) is 15.0 Å². The highest BCUT2D eigenvalue weighted by atomic mass is 16.5. The van der Waals surface area contributed by atoms with Gasteiger partial charge in [-0.25, -0.2) is 0 Å². The molecule has 1 aromatic heterocycles. The maximum atomic E-state index is 6.09. The molecule has 2 N–H and O–H groups in total. The van der Waals surface area contributed by atoms with Gasteiger partial charge in [0.15, 0.2) is 5.82 Å². The summed E-state index contributed by atoms with van der Waals surface area (Å²) in [4.78, 5) is 4.37. The van der Waals surface area contributed by atoms with Gasteiger partial charge in [-0.1, -0.05) is 24.2 Å². The minimum Gasteiger partial charge on any atom is -0.497 e. The number of nitrogens with two attached hydrogens (primary N) is 1. The molecule has 0 aliphatic carbocycles. The number of methoxy groups -OCH3 is 1. The summed E-state index contributed by atoms with van der Waals surface area (Å²) in [5.41, 5.74) is 6.77. The molecule has 0 fully saturated rings. The fourth-order valence-corrected chi connectivity index (χ4v) is 1.79. The van der Waals surface area contributed by atoms with Gasteiger partial charge in [0, 0.05) is 6.42 Å². The van der Waals surface area contributed by atoms with Crippen LogP contribution in [0.3, 0.4) is 0 Å². The quantitative estimate of drug-likeness (QED) is 0.876. The highest BCUT2D eigenvalue weighted by Crippen LogP contribution is 2.18. The molecular weight excluding hydrogens is 254 g/mol. The molecule has 1 heterocycles. The van der Waals surface area contributed by atoms with Crippen LogP contribution in [0.4, 0.5) is 0 Å². The van der Waals surface area contributed by atoms with Crippen molar-refractivity contribution in [1.82, 2.24) is 10.1 Å². The Hall–Kier alpha value is -1.88. The first-order chi connectivity index (χ1) is 9.55. The van der Waals surface area contributed by atoms with E-state index in [1.54, 1.807) is 7.11 Å². The standard InChI is InChI=1S/C15H21N3O2/c1-4-15(2,16)14-17-13(20-18-14)10-7-11-5-8-12(19-3)9-6-11/h5-6,8-9H,4,7,10,16H2,1-3H3. The first-order valence-electron chi connectivity index (χ1n) is 6.80. The third-order valence-corrected chi connectivity index (χ3v) is 3.50. The van der Waals surface area contributed by atoms with E-state index in [2.05, 4.69) is 10.1 Å². The Bertz CT molecular complexity index is 547. The van der Waals surface area contributed by atoms with Crippen LogP contribution in [0, 0.1) is 0 Å². The van der Waals surface area contributed by atoms with E-state index in [0.717, 1.165) is 18.6 Å². The molecule has 108 valence electrons. The largest absolute Gasteiger partial charge is 0.497 e. The minimum atomic E-state index is -0.526. The molecule has 1 aromatic carbocycles. The van der Waals surface area contributed by atoms with Gasteiger partial charge in [0.25, 0.3) is 0 Å². The van der Waals surface area contributed by atoms with Gasteiger partial charge in [-0.2, -0.15) is 4.98 Å². The number of aromatic nitrogens is 2. The highest BCUT2D eigenvalue weighted by Gasteiger charge is 2.25. The number of nitrogens with zero attached hydrogens (tertiary/aromatic N) is 2. The topological polar surface area (TPSA) is 74.2 Å². The van der Waals surface area contributed by atoms with Crippen LogP contribution in [-0.2, 0) is 18.4 Å². The lowest BCUT2D eigenvalue weighted by atomic mass is 10.00. The van der Waals surface area contributed by atoms with E-state index in [1.807, 2.05) is 38.1 Å². The SMILES string of the molecule is CCC(C)(N)c1noc(CCc2ccc(OC)cc2)n1. The van der Waals surface area contributed by atoms with E-state index in [-0.39, 0.29) is 0 Å². The van der Waals surface area contributed by atoms with E-state index < -0.39 is 5.54 Å². The van der Waals surface area contributed by atoms with Crippen LogP contribution < -0.4 is 10.5 Å². The van der Waals surface area contributed by atoms with E-state index >= 15 is 0 Å². The van der Waals surface area contributed by atoms with Crippen LogP contribution in [0.2, 0.25) is 0 Å². The Morgan fingerprint density at radius 3 is 2.55 bits per heavy atom. The second kappa shape index (κ2) is 6.05. The Kier molecular flexibility index (Phi) is 4.39. The molecule has 2 rings (SSSR count). The number of aryl methyl sites for hydroxylation is 2. The molecule has 2 aromatic rings. The van der Waals surface area contributed by atoms with Crippen molar-refractivity contribution in [3.05, 3.63) is 41.5 Å². The summed E-state index contributed by atoms with van der Waals surface area (Å²) in [6.45, 7) is 3.92.